The number of hydrogen-bond acceptors (Lipinski definition) is 6. The predicted molar refractivity (Wildman–Crippen MR) is 134 cm³/mol. The van der Waals surface area contributed by atoms with Gasteiger partial charge in [0.25, 0.3) is 0 Å². The number of phenolic OH excluding ortho intramolecular Hbond substituents is 1. The van der Waals surface area contributed by atoms with Gasteiger partial charge in [0.2, 0.25) is 11.8 Å². The third-order valence-corrected chi connectivity index (χ3v) is 5.52. The van der Waals surface area contributed by atoms with Gasteiger partial charge in [-0.05, 0) is 54.8 Å². The van der Waals surface area contributed by atoms with Gasteiger partial charge < -0.3 is 20.1 Å². The summed E-state index contributed by atoms with van der Waals surface area (Å²) in [6, 6.07) is 9.02. The summed E-state index contributed by atoms with van der Waals surface area (Å²) in [4.78, 5) is 24.2. The molecule has 4 rings (SSSR count). The molecule has 0 radical (unpaired) electrons. The maximum Gasteiger partial charge on any atom is 0.223 e. The van der Waals surface area contributed by atoms with Crippen molar-refractivity contribution in [1.29, 1.82) is 0 Å². The van der Waals surface area contributed by atoms with Crippen LogP contribution >= 0.6 is 0 Å². The molecular weight excluding hydrogens is 444 g/mol. The van der Waals surface area contributed by atoms with Gasteiger partial charge in [-0.15, -0.1) is 0 Å². The minimum atomic E-state index is -0.0608. The minimum Gasteiger partial charge on any atom is -0.507 e. The average molecular weight is 473 g/mol. The van der Waals surface area contributed by atoms with Crippen LogP contribution < -0.4 is 10.1 Å². The normalized spacial score (nSPS) is 11.2. The number of aromatic amines is 1. The number of ether oxygens (including phenoxy) is 1. The summed E-state index contributed by atoms with van der Waals surface area (Å²) in [5, 5.41) is 17.5. The molecule has 1 amide bonds. The molecule has 9 nitrogen and oxygen atoms in total. The van der Waals surface area contributed by atoms with Crippen LogP contribution in [0.2, 0.25) is 0 Å². The second-order valence-corrected chi connectivity index (χ2v) is 8.12. The molecule has 0 atom stereocenters. The molecule has 0 spiro atoms. The Morgan fingerprint density at radius 1 is 1.29 bits per heavy atom. The molecule has 0 saturated carbocycles. The van der Waals surface area contributed by atoms with Crippen molar-refractivity contribution in [3.05, 3.63) is 71.9 Å². The maximum atomic E-state index is 12.1. The van der Waals surface area contributed by atoms with Crippen LogP contribution in [0.1, 0.15) is 23.4 Å². The van der Waals surface area contributed by atoms with Gasteiger partial charge in [-0.1, -0.05) is 12.1 Å². The first-order chi connectivity index (χ1) is 16.9. The number of methoxy groups -OCH3 is 1. The molecule has 35 heavy (non-hydrogen) atoms. The zero-order chi connectivity index (χ0) is 24.8. The van der Waals surface area contributed by atoms with E-state index >= 15 is 0 Å². The number of hydrogen-bond donors (Lipinski definition) is 3. The van der Waals surface area contributed by atoms with Crippen LogP contribution in [-0.4, -0.2) is 49.4 Å². The molecule has 0 saturated heterocycles. The van der Waals surface area contributed by atoms with Crippen molar-refractivity contribution in [2.24, 2.45) is 7.05 Å². The molecule has 0 aliphatic carbocycles. The van der Waals surface area contributed by atoms with Crippen molar-refractivity contribution < 1.29 is 14.6 Å². The first-order valence-corrected chi connectivity index (χ1v) is 11.2. The van der Waals surface area contributed by atoms with Crippen molar-refractivity contribution in [1.82, 2.24) is 30.0 Å². The molecule has 3 heterocycles. The summed E-state index contributed by atoms with van der Waals surface area (Å²) in [6.45, 7) is 2.45. The number of phenols is 1. The number of benzene rings is 1. The number of aromatic hydroxyl groups is 1. The predicted octanol–water partition coefficient (Wildman–Crippen LogP) is 3.66. The van der Waals surface area contributed by atoms with E-state index in [-0.39, 0.29) is 18.1 Å². The summed E-state index contributed by atoms with van der Waals surface area (Å²) in [6.07, 6.45) is 9.97. The average Bonchev–Trinajstić information content (AvgIpc) is 3.44. The lowest BCUT2D eigenvalue weighted by molar-refractivity contribution is -0.120. The smallest absolute Gasteiger partial charge is 0.223 e. The fourth-order valence-corrected chi connectivity index (χ4v) is 3.73. The van der Waals surface area contributed by atoms with E-state index in [1.54, 1.807) is 42.4 Å². The quantitative estimate of drug-likeness (QED) is 0.342. The second-order valence-electron chi connectivity index (χ2n) is 8.12. The highest BCUT2D eigenvalue weighted by atomic mass is 16.5. The van der Waals surface area contributed by atoms with Crippen LogP contribution in [0.15, 0.2) is 55.0 Å². The van der Waals surface area contributed by atoms with E-state index in [4.69, 9.17) is 4.74 Å². The lowest BCUT2D eigenvalue weighted by atomic mass is 10.0. The van der Waals surface area contributed by atoms with Crippen LogP contribution in [0.25, 0.3) is 28.6 Å². The first kappa shape index (κ1) is 23.7. The standard InChI is InChI=1S/C26H28N6O3/c1-17-22(7-4-8-24(34)27-13-11-18-15-29-32(2)16-18)31-25(30-17)21-14-19(9-10-23(21)33)20-6-5-12-28-26(20)35-3/h4-7,9-10,12,14-16,33H,8,11,13H2,1-3H3,(H,27,34)(H,30,31)/b7-4-. The number of imidazole rings is 1. The Kier molecular flexibility index (Phi) is 7.25. The van der Waals surface area contributed by atoms with Crippen molar-refractivity contribution in [3.8, 4) is 34.1 Å². The number of aryl methyl sites for hydroxylation is 2. The molecule has 0 fully saturated rings. The molecule has 0 unspecified atom stereocenters. The van der Waals surface area contributed by atoms with Crippen molar-refractivity contribution in [2.45, 2.75) is 19.8 Å². The van der Waals surface area contributed by atoms with E-state index in [0.717, 1.165) is 28.8 Å². The van der Waals surface area contributed by atoms with Crippen LogP contribution in [0.4, 0.5) is 0 Å². The molecule has 3 N–H and O–H groups in total. The van der Waals surface area contributed by atoms with Gasteiger partial charge in [0.1, 0.15) is 11.6 Å². The summed E-state index contributed by atoms with van der Waals surface area (Å²) in [7, 11) is 3.44. The van der Waals surface area contributed by atoms with Crippen molar-refractivity contribution in [2.75, 3.05) is 13.7 Å². The maximum absolute atomic E-state index is 12.1. The second kappa shape index (κ2) is 10.7. The Bertz CT molecular complexity index is 1350. The van der Waals surface area contributed by atoms with E-state index in [0.29, 0.717) is 29.5 Å². The highest BCUT2D eigenvalue weighted by Crippen LogP contribution is 2.35. The molecule has 9 heteroatoms. The zero-order valence-electron chi connectivity index (χ0n) is 19.9. The summed E-state index contributed by atoms with van der Waals surface area (Å²) in [5.41, 5.74) is 4.83. The Morgan fingerprint density at radius 2 is 2.14 bits per heavy atom. The van der Waals surface area contributed by atoms with E-state index in [1.807, 2.05) is 44.4 Å². The number of carbonyl (C=O) groups excluding carboxylic acids is 1. The SMILES string of the molecule is COc1ncccc1-c1ccc(O)c(-c2nc(/C=C\CC(=O)NCCc3cnn(C)c3)c(C)[nH]2)c1. The van der Waals surface area contributed by atoms with Gasteiger partial charge >= 0.3 is 0 Å². The number of carbonyl (C=O) groups is 1. The van der Waals surface area contributed by atoms with Crippen molar-refractivity contribution >= 4 is 12.0 Å². The lowest BCUT2D eigenvalue weighted by Crippen LogP contribution is -2.24. The Hall–Kier alpha value is -4.40. The number of nitrogens with zero attached hydrogens (tertiary/aromatic N) is 4. The molecule has 3 aromatic heterocycles. The number of amides is 1. The highest BCUT2D eigenvalue weighted by molar-refractivity contribution is 5.79. The van der Waals surface area contributed by atoms with Gasteiger partial charge in [0.05, 0.1) is 24.6 Å². The Balaban J connectivity index is 1.42. The van der Waals surface area contributed by atoms with E-state index in [2.05, 4.69) is 25.4 Å². The van der Waals surface area contributed by atoms with E-state index < -0.39 is 0 Å². The molecule has 1 aromatic carbocycles. The first-order valence-electron chi connectivity index (χ1n) is 11.2. The third kappa shape index (κ3) is 5.75. The molecular formula is C26H28N6O3. The van der Waals surface area contributed by atoms with E-state index in [1.165, 1.54) is 0 Å². The lowest BCUT2D eigenvalue weighted by Gasteiger charge is -2.09. The number of nitrogens with one attached hydrogen (secondary N) is 2. The third-order valence-electron chi connectivity index (χ3n) is 5.52. The van der Waals surface area contributed by atoms with Crippen LogP contribution in [0, 0.1) is 6.92 Å². The molecule has 0 bridgehead atoms. The molecule has 180 valence electrons. The summed E-state index contributed by atoms with van der Waals surface area (Å²) in [5.74, 6) is 1.08. The minimum absolute atomic E-state index is 0.0608. The Morgan fingerprint density at radius 3 is 2.91 bits per heavy atom. The fraction of sp³-hybridized carbons (Fsp3) is 0.231. The molecule has 4 aromatic rings. The largest absolute Gasteiger partial charge is 0.507 e. The monoisotopic (exact) mass is 472 g/mol. The van der Waals surface area contributed by atoms with Crippen LogP contribution in [0.5, 0.6) is 11.6 Å². The summed E-state index contributed by atoms with van der Waals surface area (Å²) >= 11 is 0. The topological polar surface area (TPSA) is 118 Å². The highest BCUT2D eigenvalue weighted by Gasteiger charge is 2.14. The van der Waals surface area contributed by atoms with Gasteiger partial charge in [0, 0.05) is 43.7 Å². The van der Waals surface area contributed by atoms with Gasteiger partial charge in [-0.2, -0.15) is 5.10 Å². The molecule has 0 aliphatic heterocycles. The number of rotatable bonds is 9. The fourth-order valence-electron chi connectivity index (χ4n) is 3.73. The van der Waals surface area contributed by atoms with Gasteiger partial charge in [0.15, 0.2) is 0 Å². The zero-order valence-corrected chi connectivity index (χ0v) is 19.9. The summed E-state index contributed by atoms with van der Waals surface area (Å²) < 4.78 is 7.11. The number of H-pyrrole nitrogens is 1. The van der Waals surface area contributed by atoms with Gasteiger partial charge in [-0.3, -0.25) is 9.48 Å². The number of pyridine rings is 1. The molecule has 0 aliphatic rings. The van der Waals surface area contributed by atoms with Gasteiger partial charge in [-0.25, -0.2) is 9.97 Å². The number of aromatic nitrogens is 5. The van der Waals surface area contributed by atoms with Crippen LogP contribution in [0.3, 0.4) is 0 Å². The Labute approximate surface area is 203 Å². The van der Waals surface area contributed by atoms with E-state index in [9.17, 15) is 9.90 Å². The van der Waals surface area contributed by atoms with Crippen LogP contribution in [-0.2, 0) is 18.3 Å². The van der Waals surface area contributed by atoms with Crippen molar-refractivity contribution in [3.63, 3.8) is 0 Å².